The van der Waals surface area contributed by atoms with Gasteiger partial charge in [-0.1, -0.05) is 68.9 Å². The number of nitrogens with zero attached hydrogens (tertiary/aromatic N) is 4. The number of thiazole rings is 2. The molecule has 5 N–H and O–H groups in total. The molecule has 1 saturated carbocycles. The molecule has 5 aromatic rings. The molecule has 410 valence electrons. The number of hydrogen-bond donors (Lipinski definition) is 5. The molecular weight excluding hydrogens is 1030 g/mol. The number of aliphatic hydroxyl groups is 1. The molecule has 0 spiro atoms. The van der Waals surface area contributed by atoms with Gasteiger partial charge < -0.3 is 44.3 Å². The van der Waals surface area contributed by atoms with E-state index in [0.29, 0.717) is 34.2 Å². The van der Waals surface area contributed by atoms with E-state index in [2.05, 4.69) is 36.2 Å². The highest BCUT2D eigenvalue weighted by molar-refractivity contribution is 7.22. The summed E-state index contributed by atoms with van der Waals surface area (Å²) in [5.41, 5.74) is 3.50. The molecule has 1 aliphatic heterocycles. The minimum atomic E-state index is -4.82. The average Bonchev–Trinajstić information content (AvgIpc) is 4.13. The van der Waals surface area contributed by atoms with Crippen LogP contribution < -0.4 is 21.3 Å². The van der Waals surface area contributed by atoms with Crippen LogP contribution >= 0.6 is 22.7 Å². The SMILES string of the molecule is Cc1ncsc1-c1ccc(CNC(=O)[C@@H]2C[C@@H](O)CN2C(=O)[C@@H](NC(=O)COCCOCCOCCOCC(=O)Nc2nc3ccc(-c4cnc(C(F)(F)F)c(NC(=O)OC5CCCCC5)c4)cc3s2)C(C)(C)C)cc1. The van der Waals surface area contributed by atoms with Gasteiger partial charge in [0, 0.05) is 31.3 Å². The molecule has 0 unspecified atom stereocenters. The third-order valence-electron chi connectivity index (χ3n) is 12.5. The second-order valence-corrected chi connectivity index (χ2v) is 21.3. The van der Waals surface area contributed by atoms with Gasteiger partial charge in [0.15, 0.2) is 10.8 Å². The number of nitrogens with one attached hydrogen (secondary N) is 4. The van der Waals surface area contributed by atoms with Crippen molar-refractivity contribution in [1.82, 2.24) is 30.5 Å². The topological polar surface area (TPSA) is 242 Å². The van der Waals surface area contributed by atoms with Crippen LogP contribution in [-0.4, -0.2) is 138 Å². The van der Waals surface area contributed by atoms with Gasteiger partial charge in [-0.05, 0) is 72.9 Å². The Balaban J connectivity index is 0.754. The highest BCUT2D eigenvalue weighted by Crippen LogP contribution is 2.37. The summed E-state index contributed by atoms with van der Waals surface area (Å²) < 4.78 is 69.5. The van der Waals surface area contributed by atoms with E-state index in [9.17, 15) is 42.3 Å². The van der Waals surface area contributed by atoms with Gasteiger partial charge in [-0.3, -0.25) is 29.8 Å². The summed E-state index contributed by atoms with van der Waals surface area (Å²) in [4.78, 5) is 80.3. The van der Waals surface area contributed by atoms with Crippen molar-refractivity contribution in [1.29, 1.82) is 0 Å². The lowest BCUT2D eigenvalue weighted by atomic mass is 9.85. The Labute approximate surface area is 445 Å². The van der Waals surface area contributed by atoms with Gasteiger partial charge in [0.2, 0.25) is 17.7 Å². The highest BCUT2D eigenvalue weighted by Gasteiger charge is 2.44. The van der Waals surface area contributed by atoms with Gasteiger partial charge in [-0.25, -0.2) is 19.7 Å². The first-order chi connectivity index (χ1) is 36.3. The van der Waals surface area contributed by atoms with Crippen molar-refractivity contribution in [2.24, 2.45) is 5.41 Å². The Morgan fingerprint density at radius 2 is 1.47 bits per heavy atom. The van der Waals surface area contributed by atoms with E-state index in [1.807, 2.05) is 31.2 Å². The number of aryl methyl sites for hydroxylation is 1. The molecule has 7 rings (SSSR count). The first-order valence-electron chi connectivity index (χ1n) is 24.9. The predicted molar refractivity (Wildman–Crippen MR) is 278 cm³/mol. The van der Waals surface area contributed by atoms with E-state index in [4.69, 9.17) is 23.7 Å². The number of aliphatic hydroxyl groups excluding tert-OH is 1. The van der Waals surface area contributed by atoms with Gasteiger partial charge in [-0.15, -0.1) is 11.3 Å². The fourth-order valence-electron chi connectivity index (χ4n) is 8.60. The summed E-state index contributed by atoms with van der Waals surface area (Å²) in [6.07, 6.45) is -1.81. The minimum absolute atomic E-state index is 0.0505. The highest BCUT2D eigenvalue weighted by atomic mass is 32.1. The van der Waals surface area contributed by atoms with Crippen LogP contribution in [0, 0.1) is 12.3 Å². The van der Waals surface area contributed by atoms with Crippen LogP contribution in [0.3, 0.4) is 0 Å². The van der Waals surface area contributed by atoms with Crippen LogP contribution in [0.25, 0.3) is 31.8 Å². The number of aromatic nitrogens is 3. The Hall–Kier alpha value is -6.15. The van der Waals surface area contributed by atoms with E-state index in [0.717, 1.165) is 58.5 Å². The lowest BCUT2D eigenvalue weighted by Gasteiger charge is -2.35. The van der Waals surface area contributed by atoms with Crippen LogP contribution in [0.4, 0.5) is 28.8 Å². The number of rotatable bonds is 23. The molecule has 1 saturated heterocycles. The molecule has 1 aliphatic carbocycles. The first kappa shape index (κ1) is 57.6. The van der Waals surface area contributed by atoms with Crippen molar-refractivity contribution in [3.05, 3.63) is 77.2 Å². The maximum absolute atomic E-state index is 13.9. The molecule has 2 aliphatic rings. The summed E-state index contributed by atoms with van der Waals surface area (Å²) in [6.45, 7) is 7.85. The number of carbonyl (C=O) groups excluding carboxylic acids is 5. The Kier molecular flexibility index (Phi) is 20.3. The predicted octanol–water partition coefficient (Wildman–Crippen LogP) is 7.50. The Morgan fingerprint density at radius 1 is 0.816 bits per heavy atom. The van der Waals surface area contributed by atoms with E-state index >= 15 is 0 Å². The summed E-state index contributed by atoms with van der Waals surface area (Å²) in [7, 11) is 0. The Bertz CT molecular complexity index is 2780. The van der Waals surface area contributed by atoms with Gasteiger partial charge >= 0.3 is 12.3 Å². The average molecular weight is 1100 g/mol. The third-order valence-corrected chi connectivity index (χ3v) is 14.4. The number of β-amino-alcohol motifs (C(OH)–C–C–N with tert-alkyl or cyclic N) is 1. The van der Waals surface area contributed by atoms with Crippen LogP contribution in [0.15, 0.2) is 60.2 Å². The number of likely N-dealkylation sites (tertiary alicyclic amines) is 1. The van der Waals surface area contributed by atoms with Gasteiger partial charge in [0.05, 0.1) is 77.7 Å². The second-order valence-electron chi connectivity index (χ2n) is 19.4. The van der Waals surface area contributed by atoms with Crippen molar-refractivity contribution in [2.45, 2.75) is 103 Å². The molecule has 0 radical (unpaired) electrons. The number of benzene rings is 2. The van der Waals surface area contributed by atoms with Gasteiger partial charge in [-0.2, -0.15) is 13.2 Å². The maximum Gasteiger partial charge on any atom is 0.435 e. The molecular formula is C52H63F3N8O11S2. The summed E-state index contributed by atoms with van der Waals surface area (Å²) >= 11 is 2.71. The molecule has 4 heterocycles. The Morgan fingerprint density at radius 3 is 2.12 bits per heavy atom. The first-order valence-corrected chi connectivity index (χ1v) is 26.6. The van der Waals surface area contributed by atoms with Crippen molar-refractivity contribution in [2.75, 3.05) is 70.0 Å². The standard InChI is InChI=1S/C52H63F3N8O11S2/c1-31-44(75-30-58-31)33-12-10-32(11-13-33)25-57-47(67)40-24-36(64)27-63(40)48(68)46(51(2,3)4)61-42(65)28-72-20-18-70-16-17-71-19-21-73-29-43(66)62-49-59-38-15-14-34(23-41(38)76-49)35-22-39(45(56-26-35)52(53,54)55)60-50(69)74-37-8-6-5-7-9-37/h10-15,22-23,26,30,36-37,40,46,64H,5-9,16-21,24-25,27-29H2,1-4H3,(H,57,67)(H,60,69)(H,61,65)(H,59,62,66)/t36-,40+,46-/m1/s1. The van der Waals surface area contributed by atoms with Crippen molar-refractivity contribution >= 4 is 73.4 Å². The summed E-state index contributed by atoms with van der Waals surface area (Å²) in [6, 6.07) is 12.1. The fraction of sp³-hybridized carbons (Fsp3) is 0.500. The van der Waals surface area contributed by atoms with E-state index in [1.165, 1.54) is 11.0 Å². The van der Waals surface area contributed by atoms with Crippen LogP contribution in [-0.2, 0) is 55.6 Å². The van der Waals surface area contributed by atoms with Crippen LogP contribution in [0.2, 0.25) is 0 Å². The third kappa shape index (κ3) is 16.4. The number of fused-ring (bicyclic) bond motifs is 1. The van der Waals surface area contributed by atoms with Gasteiger partial charge in [0.25, 0.3) is 5.91 Å². The second kappa shape index (κ2) is 26.8. The lowest BCUT2D eigenvalue weighted by Crippen LogP contribution is -2.58. The summed E-state index contributed by atoms with van der Waals surface area (Å²) in [5, 5.41) is 21.4. The number of ether oxygens (including phenoxy) is 5. The molecule has 3 aromatic heterocycles. The van der Waals surface area contributed by atoms with Gasteiger partial charge in [0.1, 0.15) is 31.4 Å². The number of halogens is 3. The number of anilines is 2. The quantitative estimate of drug-likeness (QED) is 0.0398. The smallest absolute Gasteiger partial charge is 0.435 e. The van der Waals surface area contributed by atoms with Crippen LogP contribution in [0.5, 0.6) is 0 Å². The van der Waals surface area contributed by atoms with Crippen LogP contribution in [0.1, 0.15) is 76.2 Å². The summed E-state index contributed by atoms with van der Waals surface area (Å²) in [5.74, 6) is -1.88. The van der Waals surface area contributed by atoms with E-state index in [-0.39, 0.29) is 83.6 Å². The molecule has 0 bridgehead atoms. The molecule has 19 nitrogen and oxygen atoms in total. The zero-order valence-electron chi connectivity index (χ0n) is 42.7. The molecule has 76 heavy (non-hydrogen) atoms. The molecule has 24 heteroatoms. The zero-order chi connectivity index (χ0) is 54.4. The monoisotopic (exact) mass is 1100 g/mol. The molecule has 2 aromatic carbocycles. The molecule has 5 amide bonds. The molecule has 3 atom stereocenters. The number of carbonyl (C=O) groups is 5. The van der Waals surface area contributed by atoms with Crippen molar-refractivity contribution in [3.8, 4) is 21.6 Å². The number of hydrogen-bond acceptors (Lipinski definition) is 16. The molecule has 2 fully saturated rings. The fourth-order valence-corrected chi connectivity index (χ4v) is 10.3. The number of alkyl halides is 3. The van der Waals surface area contributed by atoms with Crippen molar-refractivity contribution < 1.29 is 65.9 Å². The zero-order valence-corrected chi connectivity index (χ0v) is 44.3. The lowest BCUT2D eigenvalue weighted by molar-refractivity contribution is -0.144. The maximum atomic E-state index is 13.9. The normalized spacial score (nSPS) is 16.6. The minimum Gasteiger partial charge on any atom is -0.446 e. The van der Waals surface area contributed by atoms with E-state index < -0.39 is 70.9 Å². The van der Waals surface area contributed by atoms with Crippen molar-refractivity contribution in [3.63, 3.8) is 0 Å². The number of amides is 5. The largest absolute Gasteiger partial charge is 0.446 e. The van der Waals surface area contributed by atoms with E-state index in [1.54, 1.807) is 55.8 Å². The number of pyridine rings is 1.